The van der Waals surface area contributed by atoms with Crippen LogP contribution in [-0.2, 0) is 9.59 Å². The van der Waals surface area contributed by atoms with Crippen molar-refractivity contribution in [2.24, 2.45) is 11.8 Å². The minimum atomic E-state index is 0.0422. The van der Waals surface area contributed by atoms with E-state index < -0.39 is 0 Å². The molecule has 1 aliphatic heterocycles. The molecule has 1 aromatic rings. The number of piperidine rings is 1. The molecule has 0 radical (unpaired) electrons. The smallest absolute Gasteiger partial charge is 0.230 e. The molecule has 2 amide bonds. The topological polar surface area (TPSA) is 40.6 Å². The summed E-state index contributed by atoms with van der Waals surface area (Å²) in [6.07, 6.45) is 4.87. The van der Waals surface area contributed by atoms with E-state index in [4.69, 9.17) is 0 Å². The van der Waals surface area contributed by atoms with Gasteiger partial charge in [-0.25, -0.2) is 0 Å². The van der Waals surface area contributed by atoms with Gasteiger partial charge in [-0.3, -0.25) is 9.59 Å². The molecule has 1 saturated heterocycles. The largest absolute Gasteiger partial charge is 0.342 e. The van der Waals surface area contributed by atoms with Gasteiger partial charge in [0.25, 0.3) is 0 Å². The van der Waals surface area contributed by atoms with Crippen LogP contribution in [0.25, 0.3) is 0 Å². The number of nitrogens with zero attached hydrogens (tertiary/aromatic N) is 2. The first kappa shape index (κ1) is 16.0. The van der Waals surface area contributed by atoms with Crippen LogP contribution in [0.3, 0.4) is 0 Å². The van der Waals surface area contributed by atoms with Gasteiger partial charge in [-0.2, -0.15) is 0 Å². The van der Waals surface area contributed by atoms with E-state index in [2.05, 4.69) is 0 Å². The van der Waals surface area contributed by atoms with Crippen molar-refractivity contribution in [3.8, 4) is 0 Å². The van der Waals surface area contributed by atoms with Crippen molar-refractivity contribution in [3.63, 3.8) is 0 Å². The zero-order chi connectivity index (χ0) is 16.2. The number of amides is 2. The molecule has 0 bridgehead atoms. The highest BCUT2D eigenvalue weighted by Crippen LogP contribution is 2.30. The maximum Gasteiger partial charge on any atom is 0.230 e. The van der Waals surface area contributed by atoms with E-state index in [1.54, 1.807) is 0 Å². The van der Waals surface area contributed by atoms with Crippen LogP contribution in [0.5, 0.6) is 0 Å². The van der Waals surface area contributed by atoms with Gasteiger partial charge < -0.3 is 9.80 Å². The molecule has 0 aromatic heterocycles. The highest BCUT2D eigenvalue weighted by atomic mass is 16.2. The van der Waals surface area contributed by atoms with Crippen molar-refractivity contribution >= 4 is 17.5 Å². The summed E-state index contributed by atoms with van der Waals surface area (Å²) in [5.74, 6) is 0.825. The maximum atomic E-state index is 12.8. The third-order valence-corrected chi connectivity index (χ3v) is 5.26. The average Bonchev–Trinajstić information content (AvgIpc) is 2.55. The number of anilines is 1. The molecule has 4 nitrogen and oxygen atoms in total. The fraction of sp³-hybridized carbons (Fsp3) is 0.579. The highest BCUT2D eigenvalue weighted by Gasteiger charge is 2.34. The fourth-order valence-corrected chi connectivity index (χ4v) is 3.55. The lowest BCUT2D eigenvalue weighted by molar-refractivity contribution is -0.141. The second kappa shape index (κ2) is 7.16. The molecule has 1 saturated carbocycles. The molecule has 4 heteroatoms. The molecule has 2 aliphatic rings. The molecule has 3 rings (SSSR count). The Balaban J connectivity index is 1.58. The van der Waals surface area contributed by atoms with Gasteiger partial charge in [0.2, 0.25) is 11.8 Å². The van der Waals surface area contributed by atoms with Gasteiger partial charge in [-0.05, 0) is 44.7 Å². The van der Waals surface area contributed by atoms with Gasteiger partial charge in [0, 0.05) is 37.2 Å². The second-order valence-electron chi connectivity index (χ2n) is 6.65. The average molecular weight is 314 g/mol. The molecular formula is C19H26N2O2. The predicted octanol–water partition coefficient (Wildman–Crippen LogP) is 3.08. The van der Waals surface area contributed by atoms with E-state index in [1.807, 2.05) is 47.1 Å². The second-order valence-corrected chi connectivity index (χ2v) is 6.65. The number of hydrogen-bond donors (Lipinski definition) is 0. The summed E-state index contributed by atoms with van der Waals surface area (Å²) >= 11 is 0. The maximum absolute atomic E-state index is 12.8. The zero-order valence-electron chi connectivity index (χ0n) is 13.9. The summed E-state index contributed by atoms with van der Waals surface area (Å²) in [6, 6.07) is 9.86. The van der Waals surface area contributed by atoms with Crippen LogP contribution in [-0.4, -0.2) is 36.3 Å². The summed E-state index contributed by atoms with van der Waals surface area (Å²) in [5.41, 5.74) is 0.966. The summed E-state index contributed by atoms with van der Waals surface area (Å²) in [5, 5.41) is 0. The van der Waals surface area contributed by atoms with Crippen molar-refractivity contribution in [2.45, 2.75) is 39.0 Å². The molecule has 0 spiro atoms. The van der Waals surface area contributed by atoms with Crippen molar-refractivity contribution < 1.29 is 9.59 Å². The van der Waals surface area contributed by atoms with Crippen LogP contribution in [0.4, 0.5) is 5.69 Å². The fourth-order valence-electron chi connectivity index (χ4n) is 3.55. The van der Waals surface area contributed by atoms with Gasteiger partial charge in [0.05, 0.1) is 0 Å². The Hall–Kier alpha value is -1.84. The summed E-state index contributed by atoms with van der Waals surface area (Å²) < 4.78 is 0. The molecule has 1 heterocycles. The molecule has 1 aromatic carbocycles. The van der Waals surface area contributed by atoms with Crippen LogP contribution < -0.4 is 4.90 Å². The first-order valence-corrected chi connectivity index (χ1v) is 8.86. The minimum Gasteiger partial charge on any atom is -0.342 e. The number of carbonyl (C=O) groups excluding carboxylic acids is 2. The normalized spacial score (nSPS) is 19.3. The standard InChI is InChI=1S/C19H26N2O2/c1-2-21(17-9-4-3-5-10-17)19(23)16-11-13-20(14-12-16)18(22)15-7-6-8-15/h3-5,9-10,15-16H,2,6-8,11-14H2,1H3. The molecule has 23 heavy (non-hydrogen) atoms. The molecular weight excluding hydrogens is 288 g/mol. The summed E-state index contributed by atoms with van der Waals surface area (Å²) in [7, 11) is 0. The van der Waals surface area contributed by atoms with E-state index >= 15 is 0 Å². The van der Waals surface area contributed by atoms with Crippen molar-refractivity contribution in [1.82, 2.24) is 4.90 Å². The molecule has 124 valence electrons. The Kier molecular flexibility index (Phi) is 4.99. The predicted molar refractivity (Wildman–Crippen MR) is 91.1 cm³/mol. The van der Waals surface area contributed by atoms with Crippen molar-refractivity contribution in [2.75, 3.05) is 24.5 Å². The van der Waals surface area contributed by atoms with Gasteiger partial charge in [0.15, 0.2) is 0 Å². The molecule has 0 atom stereocenters. The van der Waals surface area contributed by atoms with Crippen LogP contribution in [0.15, 0.2) is 30.3 Å². The first-order chi connectivity index (χ1) is 11.2. The van der Waals surface area contributed by atoms with Crippen LogP contribution in [0, 0.1) is 11.8 Å². The number of para-hydroxylation sites is 1. The van der Waals surface area contributed by atoms with E-state index in [9.17, 15) is 9.59 Å². The van der Waals surface area contributed by atoms with Gasteiger partial charge in [-0.1, -0.05) is 24.6 Å². The van der Waals surface area contributed by atoms with E-state index in [0.29, 0.717) is 12.5 Å². The Bertz CT molecular complexity index is 546. The van der Waals surface area contributed by atoms with Crippen LogP contribution in [0.1, 0.15) is 39.0 Å². The van der Waals surface area contributed by atoms with E-state index in [1.165, 1.54) is 6.42 Å². The van der Waals surface area contributed by atoms with Gasteiger partial charge >= 0.3 is 0 Å². The Labute approximate surface area is 138 Å². The van der Waals surface area contributed by atoms with Crippen molar-refractivity contribution in [1.29, 1.82) is 0 Å². The number of hydrogen-bond acceptors (Lipinski definition) is 2. The Morgan fingerprint density at radius 1 is 1.04 bits per heavy atom. The third-order valence-electron chi connectivity index (χ3n) is 5.26. The van der Waals surface area contributed by atoms with Crippen LogP contribution in [0.2, 0.25) is 0 Å². The monoisotopic (exact) mass is 314 g/mol. The number of carbonyl (C=O) groups is 2. The number of likely N-dealkylation sites (tertiary alicyclic amines) is 1. The Morgan fingerprint density at radius 3 is 2.22 bits per heavy atom. The summed E-state index contributed by atoms with van der Waals surface area (Å²) in [4.78, 5) is 29.0. The molecule has 1 aliphatic carbocycles. The van der Waals surface area contributed by atoms with E-state index in [-0.39, 0.29) is 17.7 Å². The lowest BCUT2D eigenvalue weighted by Gasteiger charge is -2.37. The minimum absolute atomic E-state index is 0.0422. The van der Waals surface area contributed by atoms with Crippen molar-refractivity contribution in [3.05, 3.63) is 30.3 Å². The number of rotatable bonds is 4. The third kappa shape index (κ3) is 3.41. The lowest BCUT2D eigenvalue weighted by atomic mass is 9.83. The first-order valence-electron chi connectivity index (χ1n) is 8.86. The van der Waals surface area contributed by atoms with Gasteiger partial charge in [0.1, 0.15) is 0 Å². The van der Waals surface area contributed by atoms with Crippen LogP contribution >= 0.6 is 0 Å². The molecule has 0 unspecified atom stereocenters. The van der Waals surface area contributed by atoms with E-state index in [0.717, 1.165) is 44.5 Å². The summed E-state index contributed by atoms with van der Waals surface area (Å²) in [6.45, 7) is 4.17. The molecule has 0 N–H and O–H groups in total. The van der Waals surface area contributed by atoms with Gasteiger partial charge in [-0.15, -0.1) is 0 Å². The lowest BCUT2D eigenvalue weighted by Crippen LogP contribution is -2.47. The SMILES string of the molecule is CCN(C(=O)C1CCN(C(=O)C2CCC2)CC1)c1ccccc1. The highest BCUT2D eigenvalue weighted by molar-refractivity contribution is 5.95. The zero-order valence-corrected chi connectivity index (χ0v) is 13.9. The Morgan fingerprint density at radius 2 is 1.70 bits per heavy atom. The number of benzene rings is 1. The quantitative estimate of drug-likeness (QED) is 0.857. The molecule has 2 fully saturated rings.